The first-order valence-electron chi connectivity index (χ1n) is 4.94. The molecule has 0 aliphatic carbocycles. The average Bonchev–Trinajstić information content (AvgIpc) is 2.35. The van der Waals surface area contributed by atoms with Crippen molar-refractivity contribution < 1.29 is 4.79 Å². The lowest BCUT2D eigenvalue weighted by Gasteiger charge is -2.06. The molecule has 0 saturated heterocycles. The van der Waals surface area contributed by atoms with Gasteiger partial charge in [0.25, 0.3) is 5.91 Å². The molecule has 0 aliphatic heterocycles. The number of nitrogens with one attached hydrogen (secondary N) is 1. The third-order valence-electron chi connectivity index (χ3n) is 2.14. The molecule has 2 rings (SSSR count). The van der Waals surface area contributed by atoms with Crippen LogP contribution in [0.2, 0.25) is 5.02 Å². The van der Waals surface area contributed by atoms with E-state index in [2.05, 4.69) is 42.2 Å². The van der Waals surface area contributed by atoms with Gasteiger partial charge in [-0.2, -0.15) is 0 Å². The molecule has 1 amide bonds. The van der Waals surface area contributed by atoms with Gasteiger partial charge in [-0.3, -0.25) is 4.79 Å². The zero-order valence-corrected chi connectivity index (χ0v) is 12.9. The van der Waals surface area contributed by atoms with Crippen molar-refractivity contribution in [3.63, 3.8) is 0 Å². The highest BCUT2D eigenvalue weighted by Gasteiger charge is 2.11. The Bertz CT molecular complexity index is 587. The minimum atomic E-state index is -0.238. The number of nitrogens with zero attached hydrogens (tertiary/aromatic N) is 1. The fourth-order valence-corrected chi connectivity index (χ4v) is 2.20. The minimum Gasteiger partial charge on any atom is -0.307 e. The van der Waals surface area contributed by atoms with Gasteiger partial charge in [0.05, 0.1) is 10.6 Å². The molecule has 0 unspecified atom stereocenters. The molecule has 6 heteroatoms. The van der Waals surface area contributed by atoms with E-state index in [9.17, 15) is 4.79 Å². The summed E-state index contributed by atoms with van der Waals surface area (Å²) >= 11 is 12.4. The quantitative estimate of drug-likeness (QED) is 0.820. The molecule has 3 nitrogen and oxygen atoms in total. The van der Waals surface area contributed by atoms with Gasteiger partial charge in [0.2, 0.25) is 0 Å². The van der Waals surface area contributed by atoms with E-state index in [1.54, 1.807) is 24.3 Å². The van der Waals surface area contributed by atoms with Crippen LogP contribution in [0.4, 0.5) is 5.82 Å². The summed E-state index contributed by atoms with van der Waals surface area (Å²) in [5.41, 5.74) is 0.529. The first-order valence-corrected chi connectivity index (χ1v) is 6.90. The summed E-state index contributed by atoms with van der Waals surface area (Å²) in [5.74, 6) is 0.217. The SMILES string of the molecule is O=C(Nc1ccc(Cl)cn1)c1cc(Br)ccc1Br. The number of rotatable bonds is 2. The molecule has 92 valence electrons. The van der Waals surface area contributed by atoms with E-state index in [0.29, 0.717) is 16.4 Å². The van der Waals surface area contributed by atoms with Crippen LogP contribution in [0, 0.1) is 0 Å². The van der Waals surface area contributed by atoms with Gasteiger partial charge in [0.1, 0.15) is 5.82 Å². The summed E-state index contributed by atoms with van der Waals surface area (Å²) in [6.45, 7) is 0. The number of carbonyl (C=O) groups excluding carboxylic acids is 1. The second-order valence-electron chi connectivity index (χ2n) is 3.44. The third kappa shape index (κ3) is 3.31. The first kappa shape index (κ1) is 13.5. The van der Waals surface area contributed by atoms with E-state index in [1.807, 2.05) is 6.07 Å². The van der Waals surface area contributed by atoms with Crippen molar-refractivity contribution in [3.8, 4) is 0 Å². The summed E-state index contributed by atoms with van der Waals surface area (Å²) < 4.78 is 1.55. The molecule has 0 radical (unpaired) electrons. The molecule has 0 saturated carbocycles. The highest BCUT2D eigenvalue weighted by atomic mass is 79.9. The van der Waals surface area contributed by atoms with Crippen LogP contribution in [0.5, 0.6) is 0 Å². The van der Waals surface area contributed by atoms with E-state index in [0.717, 1.165) is 8.95 Å². The zero-order chi connectivity index (χ0) is 13.1. The predicted octanol–water partition coefficient (Wildman–Crippen LogP) is 4.51. The number of benzene rings is 1. The van der Waals surface area contributed by atoms with E-state index in [-0.39, 0.29) is 5.91 Å². The minimum absolute atomic E-state index is 0.238. The number of amides is 1. The number of hydrogen-bond acceptors (Lipinski definition) is 2. The van der Waals surface area contributed by atoms with E-state index in [1.165, 1.54) is 6.20 Å². The molecular formula is C12H7Br2ClN2O. The van der Waals surface area contributed by atoms with Gasteiger partial charge in [-0.25, -0.2) is 4.98 Å². The lowest BCUT2D eigenvalue weighted by Crippen LogP contribution is -2.13. The summed E-state index contributed by atoms with van der Waals surface area (Å²) in [4.78, 5) is 16.0. The summed E-state index contributed by atoms with van der Waals surface area (Å²) in [5, 5.41) is 3.22. The van der Waals surface area contributed by atoms with Gasteiger partial charge in [-0.1, -0.05) is 27.5 Å². The first-order chi connectivity index (χ1) is 8.56. The largest absolute Gasteiger partial charge is 0.307 e. The zero-order valence-electron chi connectivity index (χ0n) is 8.95. The topological polar surface area (TPSA) is 42.0 Å². The van der Waals surface area contributed by atoms with Gasteiger partial charge in [-0.05, 0) is 46.3 Å². The summed E-state index contributed by atoms with van der Waals surface area (Å²) in [7, 11) is 0. The predicted molar refractivity (Wildman–Crippen MR) is 79.0 cm³/mol. The standard InChI is InChI=1S/C12H7Br2ClN2O/c13-7-1-3-10(14)9(5-7)12(18)17-11-4-2-8(15)6-16-11/h1-6H,(H,16,17,18). The third-order valence-corrected chi connectivity index (χ3v) is 3.55. The van der Waals surface area contributed by atoms with Crippen molar-refractivity contribution in [1.82, 2.24) is 4.98 Å². The Labute approximate surface area is 126 Å². The van der Waals surface area contributed by atoms with Gasteiger partial charge >= 0.3 is 0 Å². The number of anilines is 1. The van der Waals surface area contributed by atoms with Crippen LogP contribution in [0.25, 0.3) is 0 Å². The van der Waals surface area contributed by atoms with Crippen LogP contribution in [0.1, 0.15) is 10.4 Å². The molecule has 0 aliphatic rings. The Morgan fingerprint density at radius 1 is 1.22 bits per heavy atom. The molecule has 0 spiro atoms. The molecule has 0 atom stereocenters. The fraction of sp³-hybridized carbons (Fsp3) is 0. The summed E-state index contributed by atoms with van der Waals surface area (Å²) in [6, 6.07) is 8.69. The normalized spacial score (nSPS) is 10.2. The van der Waals surface area contributed by atoms with Crippen molar-refractivity contribution in [2.45, 2.75) is 0 Å². The Balaban J connectivity index is 2.21. The Kier molecular flexibility index (Phi) is 4.37. The van der Waals surface area contributed by atoms with Crippen LogP contribution >= 0.6 is 43.5 Å². The Morgan fingerprint density at radius 3 is 2.67 bits per heavy atom. The van der Waals surface area contributed by atoms with E-state index >= 15 is 0 Å². The molecule has 0 bridgehead atoms. The van der Waals surface area contributed by atoms with Crippen LogP contribution in [0.3, 0.4) is 0 Å². The van der Waals surface area contributed by atoms with Gasteiger partial charge in [0.15, 0.2) is 0 Å². The molecule has 1 heterocycles. The lowest BCUT2D eigenvalue weighted by molar-refractivity contribution is 0.102. The Hall–Kier alpha value is -0.910. The highest BCUT2D eigenvalue weighted by Crippen LogP contribution is 2.22. The molecule has 1 aromatic carbocycles. The van der Waals surface area contributed by atoms with Crippen LogP contribution in [-0.4, -0.2) is 10.9 Å². The van der Waals surface area contributed by atoms with Crippen molar-refractivity contribution in [2.24, 2.45) is 0 Å². The van der Waals surface area contributed by atoms with Crippen molar-refractivity contribution in [3.05, 3.63) is 56.1 Å². The number of pyridine rings is 1. The van der Waals surface area contributed by atoms with E-state index < -0.39 is 0 Å². The summed E-state index contributed by atoms with van der Waals surface area (Å²) in [6.07, 6.45) is 1.48. The molecule has 18 heavy (non-hydrogen) atoms. The van der Waals surface area contributed by atoms with Crippen molar-refractivity contribution in [1.29, 1.82) is 0 Å². The molecule has 1 aromatic heterocycles. The maximum atomic E-state index is 12.0. The fourth-order valence-electron chi connectivity index (χ4n) is 1.30. The maximum Gasteiger partial charge on any atom is 0.258 e. The monoisotopic (exact) mass is 388 g/mol. The Morgan fingerprint density at radius 2 is 2.00 bits per heavy atom. The van der Waals surface area contributed by atoms with Crippen LogP contribution in [0.15, 0.2) is 45.5 Å². The molecule has 2 aromatic rings. The maximum absolute atomic E-state index is 12.0. The second kappa shape index (κ2) is 5.82. The van der Waals surface area contributed by atoms with Gasteiger partial charge in [-0.15, -0.1) is 0 Å². The molecular weight excluding hydrogens is 383 g/mol. The number of hydrogen-bond donors (Lipinski definition) is 1. The average molecular weight is 390 g/mol. The van der Waals surface area contributed by atoms with Crippen molar-refractivity contribution >= 4 is 55.2 Å². The number of aromatic nitrogens is 1. The van der Waals surface area contributed by atoms with E-state index in [4.69, 9.17) is 11.6 Å². The molecule has 0 fully saturated rings. The van der Waals surface area contributed by atoms with Crippen molar-refractivity contribution in [2.75, 3.05) is 5.32 Å². The smallest absolute Gasteiger partial charge is 0.258 e. The highest BCUT2D eigenvalue weighted by molar-refractivity contribution is 9.11. The van der Waals surface area contributed by atoms with Gasteiger partial charge in [0, 0.05) is 15.1 Å². The number of carbonyl (C=O) groups is 1. The van der Waals surface area contributed by atoms with Crippen LogP contribution in [-0.2, 0) is 0 Å². The lowest BCUT2D eigenvalue weighted by atomic mass is 10.2. The van der Waals surface area contributed by atoms with Gasteiger partial charge < -0.3 is 5.32 Å². The molecule has 1 N–H and O–H groups in total. The second-order valence-corrected chi connectivity index (χ2v) is 5.65. The van der Waals surface area contributed by atoms with Crippen LogP contribution < -0.4 is 5.32 Å². The number of halogens is 3.